The molecule has 0 saturated heterocycles. The maximum atomic E-state index is 13.6. The lowest BCUT2D eigenvalue weighted by Crippen LogP contribution is -2.16. The molecule has 10 heteroatoms. The van der Waals surface area contributed by atoms with Gasteiger partial charge < -0.3 is 0 Å². The van der Waals surface area contributed by atoms with Crippen molar-refractivity contribution in [2.75, 3.05) is 4.72 Å². The standard InChI is InChI=1S/C10H5BrClF2N3O2S/c11-6-1-5(13)2-7(14)10(6)20(18,19)17-9-4-15-8(12)3-16-9/h1-4H,(H,16,17). The molecule has 0 aliphatic rings. The van der Waals surface area contributed by atoms with E-state index in [1.807, 2.05) is 4.72 Å². The Balaban J connectivity index is 2.43. The van der Waals surface area contributed by atoms with Crippen LogP contribution in [0.1, 0.15) is 0 Å². The number of hydrogen-bond acceptors (Lipinski definition) is 4. The van der Waals surface area contributed by atoms with Gasteiger partial charge in [0.05, 0.1) is 12.4 Å². The predicted molar refractivity (Wildman–Crippen MR) is 71.9 cm³/mol. The van der Waals surface area contributed by atoms with Gasteiger partial charge in [0.15, 0.2) is 5.82 Å². The molecule has 0 atom stereocenters. The topological polar surface area (TPSA) is 72.0 Å². The van der Waals surface area contributed by atoms with Crippen molar-refractivity contribution in [3.05, 3.63) is 45.8 Å². The highest BCUT2D eigenvalue weighted by Gasteiger charge is 2.24. The molecule has 0 unspecified atom stereocenters. The average Bonchev–Trinajstić information content (AvgIpc) is 2.30. The van der Waals surface area contributed by atoms with Gasteiger partial charge >= 0.3 is 0 Å². The summed E-state index contributed by atoms with van der Waals surface area (Å²) in [6.45, 7) is 0. The van der Waals surface area contributed by atoms with Crippen LogP contribution in [-0.4, -0.2) is 18.4 Å². The van der Waals surface area contributed by atoms with Crippen LogP contribution in [0.25, 0.3) is 0 Å². The summed E-state index contributed by atoms with van der Waals surface area (Å²) in [6, 6.07) is 1.30. The Bertz CT molecular complexity index is 733. The molecule has 0 spiro atoms. The molecule has 1 aromatic heterocycles. The van der Waals surface area contributed by atoms with Gasteiger partial charge in [0.2, 0.25) is 0 Å². The lowest BCUT2D eigenvalue weighted by atomic mass is 10.3. The largest absolute Gasteiger partial charge is 0.267 e. The molecular formula is C10H5BrClF2N3O2S. The third kappa shape index (κ3) is 3.22. The lowest BCUT2D eigenvalue weighted by Gasteiger charge is -2.09. The number of aromatic nitrogens is 2. The first-order valence-corrected chi connectivity index (χ1v) is 7.60. The molecule has 1 N–H and O–H groups in total. The molecule has 1 aromatic carbocycles. The number of halogens is 4. The second-order valence-corrected chi connectivity index (χ2v) is 6.39. The molecule has 0 fully saturated rings. The van der Waals surface area contributed by atoms with Crippen LogP contribution in [-0.2, 0) is 10.0 Å². The van der Waals surface area contributed by atoms with Crippen LogP contribution in [0.4, 0.5) is 14.6 Å². The maximum absolute atomic E-state index is 13.6. The second-order valence-electron chi connectivity index (χ2n) is 3.53. The normalized spacial score (nSPS) is 11.4. The first-order chi connectivity index (χ1) is 9.29. The molecule has 0 aliphatic heterocycles. The third-order valence-electron chi connectivity index (χ3n) is 2.09. The molecular weight excluding hydrogens is 380 g/mol. The van der Waals surface area contributed by atoms with E-state index >= 15 is 0 Å². The summed E-state index contributed by atoms with van der Waals surface area (Å²) in [4.78, 5) is 6.57. The third-order valence-corrected chi connectivity index (χ3v) is 4.60. The molecule has 106 valence electrons. The quantitative estimate of drug-likeness (QED) is 0.883. The summed E-state index contributed by atoms with van der Waals surface area (Å²) in [5, 5.41) is 0.0714. The number of sulfonamides is 1. The molecule has 1 heterocycles. The fraction of sp³-hybridized carbons (Fsp3) is 0. The molecule has 0 amide bonds. The molecule has 2 aromatic rings. The van der Waals surface area contributed by atoms with E-state index in [1.54, 1.807) is 0 Å². The van der Waals surface area contributed by atoms with Crippen molar-refractivity contribution >= 4 is 43.4 Å². The smallest absolute Gasteiger partial charge is 0.262 e. The highest BCUT2D eigenvalue weighted by molar-refractivity contribution is 9.10. The SMILES string of the molecule is O=S(=O)(Nc1cnc(Cl)cn1)c1c(F)cc(F)cc1Br. The molecule has 0 bridgehead atoms. The summed E-state index contributed by atoms with van der Waals surface area (Å²) in [5.74, 6) is -2.28. The van der Waals surface area contributed by atoms with Gasteiger partial charge in [-0.05, 0) is 22.0 Å². The van der Waals surface area contributed by atoms with E-state index in [0.717, 1.165) is 18.5 Å². The summed E-state index contributed by atoms with van der Waals surface area (Å²) in [5.41, 5.74) is 0. The number of nitrogens with zero attached hydrogens (tertiary/aromatic N) is 2. The Morgan fingerprint density at radius 2 is 1.90 bits per heavy atom. The lowest BCUT2D eigenvalue weighted by molar-refractivity contribution is 0.548. The predicted octanol–water partition coefficient (Wildman–Crippen LogP) is 2.97. The van der Waals surface area contributed by atoms with Gasteiger partial charge in [-0.3, -0.25) is 4.72 Å². The Morgan fingerprint density at radius 3 is 2.45 bits per heavy atom. The van der Waals surface area contributed by atoms with Crippen LogP contribution in [0, 0.1) is 11.6 Å². The van der Waals surface area contributed by atoms with Crippen molar-refractivity contribution in [2.45, 2.75) is 4.90 Å². The minimum Gasteiger partial charge on any atom is -0.262 e. The van der Waals surface area contributed by atoms with Gasteiger partial charge in [0, 0.05) is 10.5 Å². The van der Waals surface area contributed by atoms with Crippen molar-refractivity contribution in [2.24, 2.45) is 0 Å². The molecule has 0 radical (unpaired) electrons. The highest BCUT2D eigenvalue weighted by Crippen LogP contribution is 2.27. The summed E-state index contributed by atoms with van der Waals surface area (Å²) < 4.78 is 52.4. The van der Waals surface area contributed by atoms with Gasteiger partial charge in [-0.2, -0.15) is 0 Å². The van der Waals surface area contributed by atoms with Crippen molar-refractivity contribution in [3.8, 4) is 0 Å². The minimum atomic E-state index is -4.29. The fourth-order valence-corrected chi connectivity index (χ4v) is 3.60. The van der Waals surface area contributed by atoms with Crippen molar-refractivity contribution in [1.82, 2.24) is 9.97 Å². The van der Waals surface area contributed by atoms with Gasteiger partial charge in [0.25, 0.3) is 10.0 Å². The van der Waals surface area contributed by atoms with Crippen LogP contribution < -0.4 is 4.72 Å². The number of nitrogens with one attached hydrogen (secondary N) is 1. The zero-order chi connectivity index (χ0) is 14.9. The van der Waals surface area contributed by atoms with E-state index in [0.29, 0.717) is 6.07 Å². The molecule has 20 heavy (non-hydrogen) atoms. The van der Waals surface area contributed by atoms with E-state index in [4.69, 9.17) is 11.6 Å². The first kappa shape index (κ1) is 15.1. The van der Waals surface area contributed by atoms with Crippen LogP contribution in [0.15, 0.2) is 33.9 Å². The zero-order valence-electron chi connectivity index (χ0n) is 9.44. The van der Waals surface area contributed by atoms with E-state index in [2.05, 4.69) is 25.9 Å². The summed E-state index contributed by atoms with van der Waals surface area (Å²) in [7, 11) is -4.29. The van der Waals surface area contributed by atoms with E-state index in [9.17, 15) is 17.2 Å². The van der Waals surface area contributed by atoms with Crippen molar-refractivity contribution in [3.63, 3.8) is 0 Å². The van der Waals surface area contributed by atoms with Crippen molar-refractivity contribution in [1.29, 1.82) is 0 Å². The fourth-order valence-electron chi connectivity index (χ4n) is 1.34. The van der Waals surface area contributed by atoms with Gasteiger partial charge in [-0.15, -0.1) is 0 Å². The van der Waals surface area contributed by atoms with Gasteiger partial charge in [0.1, 0.15) is 21.7 Å². The van der Waals surface area contributed by atoms with Crippen LogP contribution in [0.2, 0.25) is 5.15 Å². The zero-order valence-corrected chi connectivity index (χ0v) is 12.6. The highest BCUT2D eigenvalue weighted by atomic mass is 79.9. The van der Waals surface area contributed by atoms with Crippen LogP contribution in [0.5, 0.6) is 0 Å². The number of anilines is 1. The Hall–Kier alpha value is -1.32. The molecule has 2 rings (SSSR count). The van der Waals surface area contributed by atoms with Gasteiger partial charge in [-0.1, -0.05) is 11.6 Å². The Labute approximate surface area is 126 Å². The molecule has 5 nitrogen and oxygen atoms in total. The van der Waals surface area contributed by atoms with Crippen molar-refractivity contribution < 1.29 is 17.2 Å². The maximum Gasteiger partial charge on any atom is 0.267 e. The first-order valence-electron chi connectivity index (χ1n) is 4.94. The minimum absolute atomic E-state index is 0.0714. The Kier molecular flexibility index (Phi) is 4.21. The number of hydrogen-bond donors (Lipinski definition) is 1. The van der Waals surface area contributed by atoms with E-state index in [1.165, 1.54) is 0 Å². The summed E-state index contributed by atoms with van der Waals surface area (Å²) in [6.07, 6.45) is 2.19. The Morgan fingerprint density at radius 1 is 1.20 bits per heavy atom. The molecule has 0 aliphatic carbocycles. The summed E-state index contributed by atoms with van der Waals surface area (Å²) >= 11 is 8.31. The monoisotopic (exact) mass is 383 g/mol. The second kappa shape index (κ2) is 5.58. The van der Waals surface area contributed by atoms with Gasteiger partial charge in [-0.25, -0.2) is 27.2 Å². The van der Waals surface area contributed by atoms with Crippen LogP contribution in [0.3, 0.4) is 0 Å². The molecule has 0 saturated carbocycles. The van der Waals surface area contributed by atoms with E-state index < -0.39 is 26.6 Å². The number of rotatable bonds is 3. The van der Waals surface area contributed by atoms with Crippen LogP contribution >= 0.6 is 27.5 Å². The average molecular weight is 385 g/mol. The van der Waals surface area contributed by atoms with E-state index in [-0.39, 0.29) is 15.4 Å². The number of benzene rings is 1.